The predicted molar refractivity (Wildman–Crippen MR) is 94.7 cm³/mol. The maximum atomic E-state index is 13.3. The number of nitrogens with zero attached hydrogens (tertiary/aromatic N) is 6. The molecule has 0 aromatic carbocycles. The highest BCUT2D eigenvalue weighted by molar-refractivity contribution is 6.07. The van der Waals surface area contributed by atoms with E-state index in [2.05, 4.69) is 27.3 Å². The van der Waals surface area contributed by atoms with Gasteiger partial charge in [0.25, 0.3) is 11.6 Å². The van der Waals surface area contributed by atoms with Gasteiger partial charge in [-0.05, 0) is 38.2 Å². The average Bonchev–Trinajstić information content (AvgIpc) is 3.34. The van der Waals surface area contributed by atoms with Gasteiger partial charge in [-0.2, -0.15) is 0 Å². The van der Waals surface area contributed by atoms with E-state index in [-0.39, 0.29) is 5.91 Å². The Kier molecular flexibility index (Phi) is 4.18. The molecule has 3 aromatic heterocycles. The molecule has 136 valence electrons. The number of hydrogen-bond acceptors (Lipinski definition) is 6. The fourth-order valence-electron chi connectivity index (χ4n) is 3.66. The molecule has 1 aliphatic carbocycles. The number of hydrogen-bond donors (Lipinski definition) is 0. The van der Waals surface area contributed by atoms with E-state index in [1.54, 1.807) is 18.3 Å². The molecule has 0 unspecified atom stereocenters. The van der Waals surface area contributed by atoms with Crippen LogP contribution in [-0.4, -0.2) is 42.8 Å². The summed E-state index contributed by atoms with van der Waals surface area (Å²) in [5.41, 5.74) is 3.84. The van der Waals surface area contributed by atoms with Crippen molar-refractivity contribution in [1.82, 2.24) is 29.8 Å². The molecule has 0 spiro atoms. The molecule has 4 rings (SSSR count). The van der Waals surface area contributed by atoms with Crippen LogP contribution in [0.4, 0.5) is 0 Å². The molecule has 0 N–H and O–H groups in total. The van der Waals surface area contributed by atoms with Crippen LogP contribution in [-0.2, 0) is 25.9 Å². The van der Waals surface area contributed by atoms with Crippen molar-refractivity contribution < 1.29 is 9.32 Å². The molecule has 0 saturated heterocycles. The first-order valence-electron chi connectivity index (χ1n) is 9.00. The topological polar surface area (TPSA) is 89.9 Å². The van der Waals surface area contributed by atoms with Crippen LogP contribution in [0.2, 0.25) is 0 Å². The molecular weight excluding hydrogens is 332 g/mol. The van der Waals surface area contributed by atoms with Gasteiger partial charge in [0, 0.05) is 19.3 Å². The molecule has 1 amide bonds. The fourth-order valence-corrected chi connectivity index (χ4v) is 3.66. The summed E-state index contributed by atoms with van der Waals surface area (Å²) in [7, 11) is 1.80. The number of aryl methyl sites for hydroxylation is 3. The highest BCUT2D eigenvalue weighted by atomic mass is 16.5. The molecule has 0 fully saturated rings. The van der Waals surface area contributed by atoms with Crippen molar-refractivity contribution in [2.45, 2.75) is 52.6 Å². The van der Waals surface area contributed by atoms with Crippen molar-refractivity contribution in [3.63, 3.8) is 0 Å². The Morgan fingerprint density at radius 2 is 2.23 bits per heavy atom. The van der Waals surface area contributed by atoms with Crippen LogP contribution in [0.3, 0.4) is 0 Å². The molecule has 1 aliphatic rings. The van der Waals surface area contributed by atoms with Gasteiger partial charge in [-0.15, -0.1) is 10.2 Å². The van der Waals surface area contributed by atoms with Gasteiger partial charge >= 0.3 is 0 Å². The first-order chi connectivity index (χ1) is 12.6. The van der Waals surface area contributed by atoms with Crippen LogP contribution in [0.5, 0.6) is 0 Å². The first kappa shape index (κ1) is 16.7. The minimum Gasteiger partial charge on any atom is -0.336 e. The summed E-state index contributed by atoms with van der Waals surface area (Å²) in [6.07, 6.45) is 5.45. The Hall–Kier alpha value is -2.77. The summed E-state index contributed by atoms with van der Waals surface area (Å²) in [5, 5.41) is 12.9. The van der Waals surface area contributed by atoms with Gasteiger partial charge < -0.3 is 14.0 Å². The summed E-state index contributed by atoms with van der Waals surface area (Å²) >= 11 is 0. The molecule has 0 aliphatic heterocycles. The van der Waals surface area contributed by atoms with E-state index >= 15 is 0 Å². The maximum absolute atomic E-state index is 13.3. The number of pyridine rings is 1. The van der Waals surface area contributed by atoms with Gasteiger partial charge in [0.2, 0.25) is 0 Å². The zero-order chi connectivity index (χ0) is 18.3. The van der Waals surface area contributed by atoms with Crippen molar-refractivity contribution >= 4 is 17.0 Å². The zero-order valence-electron chi connectivity index (χ0n) is 15.3. The number of aromatic nitrogens is 5. The highest BCUT2D eigenvalue weighted by Gasteiger charge is 2.29. The largest absolute Gasteiger partial charge is 0.336 e. The van der Waals surface area contributed by atoms with E-state index in [4.69, 9.17) is 4.52 Å². The van der Waals surface area contributed by atoms with Crippen LogP contribution >= 0.6 is 0 Å². The number of carbonyl (C=O) groups is 1. The SMILES string of the molecule is CCCn1cnnc1CN(C)C(=O)c1c2c(nc3onc(C)c13)CCC2. The quantitative estimate of drug-likeness (QED) is 0.698. The molecular formula is C18H22N6O2. The molecule has 8 heteroatoms. The second-order valence-corrected chi connectivity index (χ2v) is 6.82. The Morgan fingerprint density at radius 3 is 3.04 bits per heavy atom. The highest BCUT2D eigenvalue weighted by Crippen LogP contribution is 2.32. The van der Waals surface area contributed by atoms with E-state index in [0.29, 0.717) is 23.5 Å². The molecule has 26 heavy (non-hydrogen) atoms. The number of fused-ring (bicyclic) bond motifs is 2. The van der Waals surface area contributed by atoms with Crippen LogP contribution in [0, 0.1) is 6.92 Å². The summed E-state index contributed by atoms with van der Waals surface area (Å²) in [6.45, 7) is 5.19. The lowest BCUT2D eigenvalue weighted by molar-refractivity contribution is 0.0780. The van der Waals surface area contributed by atoms with Crippen LogP contribution in [0.25, 0.3) is 11.1 Å². The lowest BCUT2D eigenvalue weighted by Crippen LogP contribution is -2.29. The lowest BCUT2D eigenvalue weighted by Gasteiger charge is -2.19. The van der Waals surface area contributed by atoms with Crippen molar-refractivity contribution in [3.05, 3.63) is 34.7 Å². The molecule has 0 bridgehead atoms. The van der Waals surface area contributed by atoms with Gasteiger partial charge in [-0.1, -0.05) is 12.1 Å². The monoisotopic (exact) mass is 354 g/mol. The number of amides is 1. The molecule has 0 radical (unpaired) electrons. The normalized spacial score (nSPS) is 13.3. The summed E-state index contributed by atoms with van der Waals surface area (Å²) in [5.74, 6) is 0.736. The van der Waals surface area contributed by atoms with Crippen molar-refractivity contribution in [1.29, 1.82) is 0 Å². The van der Waals surface area contributed by atoms with Crippen LogP contribution in [0.15, 0.2) is 10.9 Å². The standard InChI is InChI=1S/C18H22N6O2/c1-4-8-24-10-19-21-14(24)9-23(3)18(25)16-12-6-5-7-13(12)20-17-15(16)11(2)22-26-17/h10H,4-9H2,1-3H3. The van der Waals surface area contributed by atoms with Crippen molar-refractivity contribution in [3.8, 4) is 0 Å². The minimum absolute atomic E-state index is 0.0482. The Labute approximate surface area is 151 Å². The first-order valence-corrected chi connectivity index (χ1v) is 9.00. The van der Waals surface area contributed by atoms with Crippen LogP contribution < -0.4 is 0 Å². The minimum atomic E-state index is -0.0482. The van der Waals surface area contributed by atoms with Gasteiger partial charge in [0.15, 0.2) is 5.82 Å². The summed E-state index contributed by atoms with van der Waals surface area (Å²) < 4.78 is 7.33. The molecule has 3 aromatic rings. The molecule has 0 saturated carbocycles. The van der Waals surface area contributed by atoms with Gasteiger partial charge in [-0.3, -0.25) is 4.79 Å². The Bertz CT molecular complexity index is 974. The molecule has 8 nitrogen and oxygen atoms in total. The zero-order valence-corrected chi connectivity index (χ0v) is 15.3. The third kappa shape index (κ3) is 2.65. The van der Waals surface area contributed by atoms with E-state index in [9.17, 15) is 4.79 Å². The summed E-state index contributed by atoms with van der Waals surface area (Å²) in [6, 6.07) is 0. The maximum Gasteiger partial charge on any atom is 0.259 e. The van der Waals surface area contributed by atoms with Crippen molar-refractivity contribution in [2.24, 2.45) is 0 Å². The third-order valence-corrected chi connectivity index (χ3v) is 4.92. The van der Waals surface area contributed by atoms with E-state index < -0.39 is 0 Å². The van der Waals surface area contributed by atoms with Gasteiger partial charge in [-0.25, -0.2) is 4.98 Å². The lowest BCUT2D eigenvalue weighted by atomic mass is 10.0. The van der Waals surface area contributed by atoms with Gasteiger partial charge in [0.1, 0.15) is 6.33 Å². The van der Waals surface area contributed by atoms with Crippen molar-refractivity contribution in [2.75, 3.05) is 7.05 Å². The van der Waals surface area contributed by atoms with Gasteiger partial charge in [0.05, 0.1) is 23.2 Å². The van der Waals surface area contributed by atoms with Crippen LogP contribution in [0.1, 0.15) is 52.9 Å². The number of rotatable bonds is 5. The Morgan fingerprint density at radius 1 is 1.38 bits per heavy atom. The Balaban J connectivity index is 1.72. The molecule has 3 heterocycles. The smallest absolute Gasteiger partial charge is 0.259 e. The predicted octanol–water partition coefficient (Wildman–Crippen LogP) is 2.29. The second-order valence-electron chi connectivity index (χ2n) is 6.82. The van der Waals surface area contributed by atoms with E-state index in [1.165, 1.54) is 0 Å². The third-order valence-electron chi connectivity index (χ3n) is 4.92. The second kappa shape index (κ2) is 6.51. The van der Waals surface area contributed by atoms with E-state index in [1.807, 2.05) is 11.5 Å². The average molecular weight is 354 g/mol. The molecule has 0 atom stereocenters. The summed E-state index contributed by atoms with van der Waals surface area (Å²) in [4.78, 5) is 19.6. The van der Waals surface area contributed by atoms with E-state index in [0.717, 1.165) is 54.7 Å². The fraction of sp³-hybridized carbons (Fsp3) is 0.500. The number of carbonyl (C=O) groups excluding carboxylic acids is 1.